The number of carbonyl (C=O) groups is 1. The molecule has 3 nitrogen and oxygen atoms in total. The van der Waals surface area contributed by atoms with Crippen molar-refractivity contribution < 1.29 is 14.0 Å². The summed E-state index contributed by atoms with van der Waals surface area (Å²) in [5.41, 5.74) is 2.87. The summed E-state index contributed by atoms with van der Waals surface area (Å²) in [5.74, 6) is 1.23. The number of cyclic esters (lactones) is 1. The second kappa shape index (κ2) is 7.40. The fraction of sp³-hybridized carbons (Fsp3) is 0.577. The van der Waals surface area contributed by atoms with Crippen molar-refractivity contribution in [3.63, 3.8) is 0 Å². The van der Waals surface area contributed by atoms with Crippen LogP contribution in [0.5, 0.6) is 0 Å². The molecule has 4 rings (SSSR count). The average Bonchev–Trinajstić information content (AvgIpc) is 3.04. The zero-order chi connectivity index (χ0) is 21.7. The molecule has 0 radical (unpaired) electrons. The topological polar surface area (TPSA) is 35.5 Å². The van der Waals surface area contributed by atoms with E-state index in [2.05, 4.69) is 52.6 Å². The van der Waals surface area contributed by atoms with Crippen LogP contribution in [0.25, 0.3) is 0 Å². The second-order valence-corrected chi connectivity index (χ2v) is 15.6. The van der Waals surface area contributed by atoms with Gasteiger partial charge in [-0.05, 0) is 48.5 Å². The number of fused-ring (bicyclic) bond motifs is 2. The number of benzene rings is 1. The maximum absolute atomic E-state index is 13.4. The Bertz CT molecular complexity index is 877. The van der Waals surface area contributed by atoms with Crippen molar-refractivity contribution in [3.8, 4) is 0 Å². The molecule has 1 saturated carbocycles. The average molecular weight is 425 g/mol. The number of esters is 1. The Kier molecular flexibility index (Phi) is 5.29. The van der Waals surface area contributed by atoms with Gasteiger partial charge >= 0.3 is 5.97 Å². The highest BCUT2D eigenvalue weighted by Crippen LogP contribution is 2.61. The summed E-state index contributed by atoms with van der Waals surface area (Å²) in [4.78, 5) is 13.4. The highest BCUT2D eigenvalue weighted by atomic mass is 28.4. The van der Waals surface area contributed by atoms with Gasteiger partial charge in [-0.25, -0.2) is 0 Å². The third-order valence-electron chi connectivity index (χ3n) is 8.04. The van der Waals surface area contributed by atoms with Crippen molar-refractivity contribution in [1.82, 2.24) is 0 Å². The molecule has 0 bridgehead atoms. The van der Waals surface area contributed by atoms with Gasteiger partial charge in [-0.3, -0.25) is 4.79 Å². The number of carbonyl (C=O) groups excluding carboxylic acids is 1. The smallest absolute Gasteiger partial charge is 0.317 e. The summed E-state index contributed by atoms with van der Waals surface area (Å²) in [6.07, 6.45) is 5.59. The van der Waals surface area contributed by atoms with Crippen LogP contribution in [-0.4, -0.2) is 14.3 Å². The molecule has 0 aromatic heterocycles. The van der Waals surface area contributed by atoms with Gasteiger partial charge in [0.15, 0.2) is 0 Å². The first-order valence-corrected chi connectivity index (χ1v) is 14.3. The molecule has 2 fully saturated rings. The van der Waals surface area contributed by atoms with Gasteiger partial charge in [0.25, 0.3) is 0 Å². The first-order valence-electron chi connectivity index (χ1n) is 11.4. The van der Waals surface area contributed by atoms with Gasteiger partial charge in [0.05, 0.1) is 11.2 Å². The molecule has 1 aromatic rings. The highest BCUT2D eigenvalue weighted by molar-refractivity contribution is 6.74. The molecule has 4 heteroatoms. The van der Waals surface area contributed by atoms with Crippen LogP contribution < -0.4 is 0 Å². The molecule has 1 heterocycles. The monoisotopic (exact) mass is 424 g/mol. The third-order valence-corrected chi connectivity index (χ3v) is 12.4. The van der Waals surface area contributed by atoms with Crippen LogP contribution in [0.15, 0.2) is 53.8 Å². The molecule has 3 aliphatic rings. The minimum Gasteiger partial charge on any atom is -0.546 e. The molecular weight excluding hydrogens is 388 g/mol. The fourth-order valence-electron chi connectivity index (χ4n) is 5.24. The van der Waals surface area contributed by atoms with Crippen molar-refractivity contribution in [2.24, 2.45) is 11.3 Å². The Morgan fingerprint density at radius 1 is 1.17 bits per heavy atom. The van der Waals surface area contributed by atoms with Crippen LogP contribution in [0, 0.1) is 11.3 Å². The Labute approximate surface area is 182 Å². The van der Waals surface area contributed by atoms with E-state index >= 15 is 0 Å². The van der Waals surface area contributed by atoms with Crippen LogP contribution in [0.2, 0.25) is 18.1 Å². The Balaban J connectivity index is 1.71. The van der Waals surface area contributed by atoms with E-state index in [4.69, 9.17) is 9.16 Å². The predicted molar refractivity (Wildman–Crippen MR) is 123 cm³/mol. The lowest BCUT2D eigenvalue weighted by Crippen LogP contribution is -2.45. The molecule has 162 valence electrons. The zero-order valence-electron chi connectivity index (χ0n) is 19.2. The standard InChI is InChI=1S/C26H36O3Si/c1-18-16-22(29-30(5,6)25(2,3)4)20-14-10-11-15-21(20)26(18)17-23(28-24(26)27)19-12-8-7-9-13-19/h7-9,12-13,21,23H,1,10-11,14-17H2,2-6H3/t21-,23-,26+/m0/s1. The largest absolute Gasteiger partial charge is 0.546 e. The van der Waals surface area contributed by atoms with Crippen LogP contribution in [0.4, 0.5) is 0 Å². The first kappa shape index (κ1) is 21.4. The molecule has 30 heavy (non-hydrogen) atoms. The Morgan fingerprint density at radius 2 is 1.87 bits per heavy atom. The molecule has 1 aliphatic heterocycles. The lowest BCUT2D eigenvalue weighted by Gasteiger charge is -2.47. The third kappa shape index (κ3) is 3.37. The lowest BCUT2D eigenvalue weighted by molar-refractivity contribution is -0.149. The quantitative estimate of drug-likeness (QED) is 0.295. The van der Waals surface area contributed by atoms with E-state index < -0.39 is 13.7 Å². The van der Waals surface area contributed by atoms with Gasteiger partial charge < -0.3 is 9.16 Å². The molecule has 1 aromatic carbocycles. The summed E-state index contributed by atoms with van der Waals surface area (Å²) in [7, 11) is -1.95. The van der Waals surface area contributed by atoms with Crippen molar-refractivity contribution in [1.29, 1.82) is 0 Å². The maximum atomic E-state index is 13.4. The number of rotatable bonds is 3. The van der Waals surface area contributed by atoms with Crippen LogP contribution >= 0.6 is 0 Å². The predicted octanol–water partition coefficient (Wildman–Crippen LogP) is 7.09. The second-order valence-electron chi connectivity index (χ2n) is 10.9. The van der Waals surface area contributed by atoms with Gasteiger partial charge in [0.1, 0.15) is 6.10 Å². The van der Waals surface area contributed by atoms with E-state index in [0.29, 0.717) is 12.8 Å². The van der Waals surface area contributed by atoms with E-state index in [1.165, 1.54) is 12.0 Å². The fourth-order valence-corrected chi connectivity index (χ4v) is 6.37. The van der Waals surface area contributed by atoms with Gasteiger partial charge in [0.2, 0.25) is 8.32 Å². The minimum absolute atomic E-state index is 0.0721. The summed E-state index contributed by atoms with van der Waals surface area (Å²) < 4.78 is 12.8. The summed E-state index contributed by atoms with van der Waals surface area (Å²) >= 11 is 0. The van der Waals surface area contributed by atoms with Crippen molar-refractivity contribution >= 4 is 14.3 Å². The molecule has 1 saturated heterocycles. The Morgan fingerprint density at radius 3 is 2.53 bits per heavy atom. The normalized spacial score (nSPS) is 29.8. The van der Waals surface area contributed by atoms with Gasteiger partial charge in [0, 0.05) is 18.8 Å². The highest BCUT2D eigenvalue weighted by Gasteiger charge is 2.59. The molecule has 2 aliphatic carbocycles. The van der Waals surface area contributed by atoms with Crippen molar-refractivity contribution in [2.75, 3.05) is 0 Å². The van der Waals surface area contributed by atoms with Gasteiger partial charge in [-0.1, -0.05) is 69.7 Å². The van der Waals surface area contributed by atoms with E-state index in [9.17, 15) is 4.79 Å². The number of hydrogen-bond donors (Lipinski definition) is 0. The zero-order valence-corrected chi connectivity index (χ0v) is 20.2. The van der Waals surface area contributed by atoms with Gasteiger partial charge in [-0.15, -0.1) is 0 Å². The molecule has 0 amide bonds. The van der Waals surface area contributed by atoms with Crippen molar-refractivity contribution in [3.05, 3.63) is 59.4 Å². The van der Waals surface area contributed by atoms with Gasteiger partial charge in [-0.2, -0.15) is 0 Å². The van der Waals surface area contributed by atoms with Crippen molar-refractivity contribution in [2.45, 2.75) is 83.5 Å². The molecule has 1 spiro atoms. The van der Waals surface area contributed by atoms with Crippen LogP contribution in [0.1, 0.15) is 71.0 Å². The minimum atomic E-state index is -1.95. The molecule has 0 unspecified atom stereocenters. The molecule has 3 atom stereocenters. The number of hydrogen-bond acceptors (Lipinski definition) is 3. The number of allylic oxidation sites excluding steroid dienone is 2. The summed E-state index contributed by atoms with van der Waals surface area (Å²) in [6.45, 7) is 15.9. The first-order chi connectivity index (χ1) is 14.1. The van der Waals surface area contributed by atoms with E-state index in [1.54, 1.807) is 0 Å². The van der Waals surface area contributed by atoms with Crippen LogP contribution in [0.3, 0.4) is 0 Å². The molecular formula is C26H36O3Si. The number of ether oxygens (including phenoxy) is 1. The van der Waals surface area contributed by atoms with E-state index in [0.717, 1.165) is 36.2 Å². The molecule has 0 N–H and O–H groups in total. The maximum Gasteiger partial charge on any atom is 0.317 e. The van der Waals surface area contributed by atoms with E-state index in [1.807, 2.05) is 18.2 Å². The summed E-state index contributed by atoms with van der Waals surface area (Å²) in [6, 6.07) is 10.2. The van der Waals surface area contributed by atoms with Crippen LogP contribution in [-0.2, 0) is 14.0 Å². The Hall–Kier alpha value is -1.81. The SMILES string of the molecule is C=C1CC(O[Si](C)(C)C(C)(C)C)=C2CCCC[C@@H]2[C@@]12C[C@@H](c1ccccc1)OC2=O. The lowest BCUT2D eigenvalue weighted by atomic mass is 9.57. The van der Waals surface area contributed by atoms with E-state index in [-0.39, 0.29) is 23.0 Å². The summed E-state index contributed by atoms with van der Waals surface area (Å²) in [5, 5.41) is 0.145.